The predicted octanol–water partition coefficient (Wildman–Crippen LogP) is 1.32. The third kappa shape index (κ3) is 5.34. The maximum Gasteiger partial charge on any atom is 0.272 e. The van der Waals surface area contributed by atoms with Crippen molar-refractivity contribution in [3.8, 4) is 0 Å². The van der Waals surface area contributed by atoms with E-state index in [2.05, 4.69) is 5.32 Å². The van der Waals surface area contributed by atoms with E-state index < -0.39 is 49.4 Å². The van der Waals surface area contributed by atoms with Crippen molar-refractivity contribution in [3.05, 3.63) is 82.8 Å². The average molecular weight is 559 g/mol. The first kappa shape index (κ1) is 27.1. The number of carbonyl (C=O) groups is 3. The summed E-state index contributed by atoms with van der Waals surface area (Å²) < 4.78 is 54.6. The van der Waals surface area contributed by atoms with Gasteiger partial charge in [-0.15, -0.1) is 0 Å². The molecule has 3 N–H and O–H groups in total. The highest BCUT2D eigenvalue weighted by molar-refractivity contribution is 7.90. The Bertz CT molecular complexity index is 1590. The lowest BCUT2D eigenvalue weighted by Gasteiger charge is -2.39. The molecule has 2 aliphatic rings. The van der Waals surface area contributed by atoms with Crippen LogP contribution in [0.5, 0.6) is 0 Å². The lowest BCUT2D eigenvalue weighted by Crippen LogP contribution is -2.52. The molecule has 1 unspecified atom stereocenters. The van der Waals surface area contributed by atoms with Crippen LogP contribution in [0, 0.1) is 13.8 Å². The van der Waals surface area contributed by atoms with Crippen LogP contribution in [0.15, 0.2) is 81.5 Å². The molecule has 0 bridgehead atoms. The van der Waals surface area contributed by atoms with Crippen LogP contribution < -0.4 is 14.8 Å². The fraction of sp³-hybridized carbons (Fsp3) is 0.240. The van der Waals surface area contributed by atoms with Crippen molar-refractivity contribution in [1.82, 2.24) is 19.7 Å². The summed E-state index contributed by atoms with van der Waals surface area (Å²) in [6.45, 7) is 5.27. The Balaban J connectivity index is 1.59. The molecular weight excluding hydrogens is 532 g/mol. The maximum atomic E-state index is 13.3. The second kappa shape index (κ2) is 10.1. The second-order valence-corrected chi connectivity index (χ2v) is 12.5. The molecule has 0 spiro atoms. The lowest BCUT2D eigenvalue weighted by molar-refractivity contribution is -0.131. The van der Waals surface area contributed by atoms with E-state index in [0.29, 0.717) is 6.42 Å². The SMILES string of the molecule is Cc1ccc(S(=O)(=O)NC(=O)C2=CNC3=C(C(=O)NS(=O)(=O)c4ccc(C)cc4)CCC(C)N3C2=O)cc1. The van der Waals surface area contributed by atoms with E-state index >= 15 is 0 Å². The molecule has 38 heavy (non-hydrogen) atoms. The zero-order valence-corrected chi connectivity index (χ0v) is 22.4. The Morgan fingerprint density at radius 1 is 0.842 bits per heavy atom. The van der Waals surface area contributed by atoms with Crippen LogP contribution in [0.1, 0.15) is 30.9 Å². The van der Waals surface area contributed by atoms with E-state index in [1.807, 2.05) is 9.44 Å². The van der Waals surface area contributed by atoms with Gasteiger partial charge < -0.3 is 5.32 Å². The zero-order valence-electron chi connectivity index (χ0n) is 20.8. The van der Waals surface area contributed by atoms with E-state index in [4.69, 9.17) is 0 Å². The highest BCUT2D eigenvalue weighted by atomic mass is 32.2. The Labute approximate surface area is 220 Å². The predicted molar refractivity (Wildman–Crippen MR) is 137 cm³/mol. The molecule has 0 aromatic heterocycles. The van der Waals surface area contributed by atoms with E-state index in [1.165, 1.54) is 24.3 Å². The minimum Gasteiger partial charge on any atom is -0.347 e. The standard InChI is InChI=1S/C25H26N4O7S2/c1-15-4-9-18(10-5-15)37(33,34)27-23(30)20-13-8-17(3)29-22(20)26-14-21(25(29)32)24(31)28-38(35,36)19-11-6-16(2)7-12-19/h4-7,9-12,14,17,26H,8,13H2,1-3H3,(H,27,30)(H,28,31). The van der Waals surface area contributed by atoms with Crippen molar-refractivity contribution in [1.29, 1.82) is 0 Å². The quantitative estimate of drug-likeness (QED) is 0.448. The number of sulfonamides is 2. The summed E-state index contributed by atoms with van der Waals surface area (Å²) in [5, 5.41) is 2.72. The van der Waals surface area contributed by atoms with Gasteiger partial charge in [-0.3, -0.25) is 19.3 Å². The van der Waals surface area contributed by atoms with Gasteiger partial charge >= 0.3 is 0 Å². The molecule has 0 saturated heterocycles. The number of rotatable bonds is 6. The molecule has 0 radical (unpaired) electrons. The Morgan fingerprint density at radius 3 is 1.82 bits per heavy atom. The number of aryl methyl sites for hydroxylation is 2. The molecule has 2 heterocycles. The van der Waals surface area contributed by atoms with Crippen LogP contribution >= 0.6 is 0 Å². The number of amides is 3. The van der Waals surface area contributed by atoms with Crippen molar-refractivity contribution in [2.45, 2.75) is 49.4 Å². The van der Waals surface area contributed by atoms with Crippen LogP contribution in [-0.2, 0) is 34.4 Å². The summed E-state index contributed by atoms with van der Waals surface area (Å²) in [6, 6.07) is 11.3. The van der Waals surface area contributed by atoms with Crippen LogP contribution in [0.2, 0.25) is 0 Å². The maximum absolute atomic E-state index is 13.3. The number of benzene rings is 2. The van der Waals surface area contributed by atoms with Crippen LogP contribution in [0.25, 0.3) is 0 Å². The minimum atomic E-state index is -4.25. The monoisotopic (exact) mass is 558 g/mol. The molecule has 0 saturated carbocycles. The summed E-state index contributed by atoms with van der Waals surface area (Å²) >= 11 is 0. The van der Waals surface area contributed by atoms with E-state index in [1.54, 1.807) is 45.0 Å². The highest BCUT2D eigenvalue weighted by Gasteiger charge is 2.40. The molecule has 3 amide bonds. The van der Waals surface area contributed by atoms with Gasteiger partial charge in [-0.1, -0.05) is 35.4 Å². The van der Waals surface area contributed by atoms with Gasteiger partial charge in [0.05, 0.1) is 15.4 Å². The number of fused-ring (bicyclic) bond motifs is 1. The molecular formula is C25H26N4O7S2. The fourth-order valence-corrected chi connectivity index (χ4v) is 6.00. The first-order chi connectivity index (χ1) is 17.8. The Morgan fingerprint density at radius 2 is 1.32 bits per heavy atom. The van der Waals surface area contributed by atoms with Gasteiger partial charge in [0.15, 0.2) is 0 Å². The number of hydrogen-bond acceptors (Lipinski definition) is 8. The molecule has 4 rings (SSSR count). The third-order valence-corrected chi connectivity index (χ3v) is 8.91. The van der Waals surface area contributed by atoms with Gasteiger partial charge in [-0.2, -0.15) is 0 Å². The second-order valence-electron chi connectivity index (χ2n) is 9.09. The summed E-state index contributed by atoms with van der Waals surface area (Å²) in [5.74, 6) is -2.86. The third-order valence-electron chi connectivity index (χ3n) is 6.22. The van der Waals surface area contributed by atoms with Gasteiger partial charge in [-0.25, -0.2) is 26.3 Å². The van der Waals surface area contributed by atoms with E-state index in [-0.39, 0.29) is 27.6 Å². The molecule has 200 valence electrons. The topological polar surface area (TPSA) is 159 Å². The van der Waals surface area contributed by atoms with Crippen LogP contribution in [0.3, 0.4) is 0 Å². The van der Waals surface area contributed by atoms with Gasteiger partial charge in [0.2, 0.25) is 0 Å². The summed E-state index contributed by atoms with van der Waals surface area (Å²) in [7, 11) is -8.42. The normalized spacial score (nSPS) is 17.8. The lowest BCUT2D eigenvalue weighted by atomic mass is 9.97. The highest BCUT2D eigenvalue weighted by Crippen LogP contribution is 2.30. The largest absolute Gasteiger partial charge is 0.347 e. The first-order valence-electron chi connectivity index (χ1n) is 11.6. The van der Waals surface area contributed by atoms with Crippen molar-refractivity contribution >= 4 is 37.8 Å². The molecule has 11 nitrogen and oxygen atoms in total. The molecule has 13 heteroatoms. The van der Waals surface area contributed by atoms with E-state index in [9.17, 15) is 31.2 Å². The van der Waals surface area contributed by atoms with Gasteiger partial charge in [0.1, 0.15) is 11.4 Å². The van der Waals surface area contributed by atoms with Crippen molar-refractivity contribution in [2.24, 2.45) is 0 Å². The van der Waals surface area contributed by atoms with Crippen molar-refractivity contribution in [3.63, 3.8) is 0 Å². The zero-order chi connectivity index (χ0) is 27.8. The molecule has 2 aromatic rings. The van der Waals surface area contributed by atoms with Crippen LogP contribution in [0.4, 0.5) is 0 Å². The molecule has 0 aliphatic carbocycles. The number of carbonyl (C=O) groups excluding carboxylic acids is 3. The molecule has 0 fully saturated rings. The smallest absolute Gasteiger partial charge is 0.272 e. The average Bonchev–Trinajstić information content (AvgIpc) is 2.84. The Hall–Kier alpha value is -3.97. The fourth-order valence-electron chi connectivity index (χ4n) is 4.05. The number of hydrogen-bond donors (Lipinski definition) is 3. The van der Waals surface area contributed by atoms with Crippen molar-refractivity contribution < 1.29 is 31.2 Å². The number of nitrogens with one attached hydrogen (secondary N) is 3. The van der Waals surface area contributed by atoms with Gasteiger partial charge in [0, 0.05) is 12.2 Å². The minimum absolute atomic E-state index is 0.00937. The first-order valence-corrected chi connectivity index (χ1v) is 14.6. The molecule has 1 atom stereocenters. The number of nitrogens with zero attached hydrogens (tertiary/aromatic N) is 1. The van der Waals surface area contributed by atoms with Crippen LogP contribution in [-0.4, -0.2) is 45.5 Å². The summed E-state index contributed by atoms with van der Waals surface area (Å²) in [5.41, 5.74) is 1.20. The van der Waals surface area contributed by atoms with Gasteiger partial charge in [-0.05, 0) is 57.9 Å². The molecule has 2 aromatic carbocycles. The van der Waals surface area contributed by atoms with Crippen molar-refractivity contribution in [2.75, 3.05) is 0 Å². The summed E-state index contributed by atoms with van der Waals surface area (Å²) in [6.07, 6.45) is 1.48. The molecule has 2 aliphatic heterocycles. The van der Waals surface area contributed by atoms with E-state index in [0.717, 1.165) is 22.2 Å². The summed E-state index contributed by atoms with van der Waals surface area (Å²) in [4.78, 5) is 40.0. The van der Waals surface area contributed by atoms with Gasteiger partial charge in [0.25, 0.3) is 37.8 Å². The Kier molecular flexibility index (Phi) is 7.17.